The summed E-state index contributed by atoms with van der Waals surface area (Å²) in [5.41, 5.74) is 4.11. The van der Waals surface area contributed by atoms with Crippen LogP contribution in [0.4, 0.5) is 0 Å². The predicted molar refractivity (Wildman–Crippen MR) is 73.4 cm³/mol. The van der Waals surface area contributed by atoms with Gasteiger partial charge in [-0.05, 0) is 23.6 Å². The van der Waals surface area contributed by atoms with E-state index in [0.717, 1.165) is 32.5 Å². The van der Waals surface area contributed by atoms with E-state index in [1.54, 1.807) is 0 Å². The van der Waals surface area contributed by atoms with Gasteiger partial charge in [-0.1, -0.05) is 36.4 Å². The smallest absolute Gasteiger partial charge is 0.0461 e. The molecule has 92 valence electrons. The second-order valence-corrected chi connectivity index (χ2v) is 4.87. The summed E-state index contributed by atoms with van der Waals surface area (Å²) in [4.78, 5) is 6.97. The molecule has 0 amide bonds. The van der Waals surface area contributed by atoms with Gasteiger partial charge in [0.15, 0.2) is 0 Å². The molecular formula is C16H18N2. The minimum atomic E-state index is 1.05. The van der Waals surface area contributed by atoms with Gasteiger partial charge in [0, 0.05) is 37.9 Å². The molecule has 1 aliphatic rings. The molecule has 2 heteroatoms. The quantitative estimate of drug-likeness (QED) is 0.817. The van der Waals surface area contributed by atoms with Crippen LogP contribution in [0.15, 0.2) is 48.7 Å². The fourth-order valence-corrected chi connectivity index (χ4v) is 2.55. The molecule has 3 rings (SSSR count). The van der Waals surface area contributed by atoms with Gasteiger partial charge >= 0.3 is 0 Å². The third-order valence-corrected chi connectivity index (χ3v) is 3.60. The van der Waals surface area contributed by atoms with Gasteiger partial charge in [-0.2, -0.15) is 0 Å². The fraction of sp³-hybridized carbons (Fsp3) is 0.312. The van der Waals surface area contributed by atoms with Crippen LogP contribution in [-0.4, -0.2) is 23.0 Å². The van der Waals surface area contributed by atoms with Crippen molar-refractivity contribution in [2.24, 2.45) is 0 Å². The molecule has 0 bridgehead atoms. The van der Waals surface area contributed by atoms with Crippen LogP contribution in [0.3, 0.4) is 0 Å². The van der Waals surface area contributed by atoms with Gasteiger partial charge in [0.1, 0.15) is 0 Å². The Morgan fingerprint density at radius 2 is 1.94 bits per heavy atom. The Morgan fingerprint density at radius 1 is 1.06 bits per heavy atom. The summed E-state index contributed by atoms with van der Waals surface area (Å²) in [5, 5.41) is 0. The summed E-state index contributed by atoms with van der Waals surface area (Å²) in [6.45, 7) is 3.32. The maximum absolute atomic E-state index is 4.45. The van der Waals surface area contributed by atoms with Gasteiger partial charge < -0.3 is 0 Å². The van der Waals surface area contributed by atoms with Gasteiger partial charge in [0.2, 0.25) is 0 Å². The van der Waals surface area contributed by atoms with Crippen molar-refractivity contribution in [2.75, 3.05) is 13.1 Å². The van der Waals surface area contributed by atoms with Crippen LogP contribution in [0, 0.1) is 0 Å². The molecule has 0 radical (unpaired) electrons. The van der Waals surface area contributed by atoms with E-state index in [1.165, 1.54) is 16.8 Å². The summed E-state index contributed by atoms with van der Waals surface area (Å²) in [7, 11) is 0. The third kappa shape index (κ3) is 2.59. The molecule has 0 atom stereocenters. The van der Waals surface area contributed by atoms with E-state index in [1.807, 2.05) is 12.3 Å². The van der Waals surface area contributed by atoms with Gasteiger partial charge in [-0.15, -0.1) is 0 Å². The van der Waals surface area contributed by atoms with Gasteiger partial charge in [0.05, 0.1) is 0 Å². The molecule has 0 spiro atoms. The zero-order valence-corrected chi connectivity index (χ0v) is 10.5. The largest absolute Gasteiger partial charge is 0.298 e. The second-order valence-electron chi connectivity index (χ2n) is 4.87. The van der Waals surface area contributed by atoms with Crippen molar-refractivity contribution in [3.63, 3.8) is 0 Å². The van der Waals surface area contributed by atoms with E-state index in [4.69, 9.17) is 0 Å². The first-order valence-corrected chi connectivity index (χ1v) is 6.61. The van der Waals surface area contributed by atoms with Crippen molar-refractivity contribution in [3.8, 4) is 0 Å². The van der Waals surface area contributed by atoms with Crippen LogP contribution in [0.5, 0.6) is 0 Å². The lowest BCUT2D eigenvalue weighted by atomic mass is 10.0. The summed E-state index contributed by atoms with van der Waals surface area (Å²) in [6.07, 6.45) is 4.12. The maximum atomic E-state index is 4.45. The molecule has 0 N–H and O–H groups in total. The number of hydrogen-bond acceptors (Lipinski definition) is 2. The Hall–Kier alpha value is -1.67. The molecule has 18 heavy (non-hydrogen) atoms. The predicted octanol–water partition coefficient (Wildman–Crippen LogP) is 2.68. The van der Waals surface area contributed by atoms with Crippen LogP contribution in [0.25, 0.3) is 0 Å². The summed E-state index contributed by atoms with van der Waals surface area (Å²) in [5.74, 6) is 0. The Morgan fingerprint density at radius 3 is 2.83 bits per heavy atom. The molecular weight excluding hydrogens is 220 g/mol. The molecule has 1 aliphatic heterocycles. The number of aromatic nitrogens is 1. The van der Waals surface area contributed by atoms with E-state index in [-0.39, 0.29) is 0 Å². The number of fused-ring (bicyclic) bond motifs is 1. The topological polar surface area (TPSA) is 16.1 Å². The first-order chi connectivity index (χ1) is 8.92. The first kappa shape index (κ1) is 11.4. The standard InChI is InChI=1S/C16H18N2/c1-2-5-14(6-3-1)8-11-18-12-9-16-15(13-18)7-4-10-17-16/h1-7,10H,8-9,11-13H2. The van der Waals surface area contributed by atoms with Crippen molar-refractivity contribution in [1.82, 2.24) is 9.88 Å². The highest BCUT2D eigenvalue weighted by atomic mass is 15.1. The van der Waals surface area contributed by atoms with Crippen LogP contribution < -0.4 is 0 Å². The van der Waals surface area contributed by atoms with E-state index in [9.17, 15) is 0 Å². The molecule has 2 aromatic rings. The van der Waals surface area contributed by atoms with Crippen molar-refractivity contribution in [3.05, 3.63) is 65.5 Å². The molecule has 1 aromatic heterocycles. The monoisotopic (exact) mass is 238 g/mol. The average Bonchev–Trinajstić information content (AvgIpc) is 2.46. The molecule has 0 fully saturated rings. The molecule has 0 unspecified atom stereocenters. The Balaban J connectivity index is 1.60. The van der Waals surface area contributed by atoms with E-state index >= 15 is 0 Å². The molecule has 0 saturated carbocycles. The van der Waals surface area contributed by atoms with Crippen LogP contribution in [0.2, 0.25) is 0 Å². The SMILES string of the molecule is c1ccc(CCN2CCc3ncccc3C2)cc1. The lowest BCUT2D eigenvalue weighted by molar-refractivity contribution is 0.255. The second kappa shape index (κ2) is 5.32. The molecule has 0 aliphatic carbocycles. The number of rotatable bonds is 3. The van der Waals surface area contributed by atoms with Gasteiger partial charge in [-0.3, -0.25) is 9.88 Å². The Labute approximate surface area is 108 Å². The normalized spacial score (nSPS) is 15.3. The van der Waals surface area contributed by atoms with E-state index in [2.05, 4.69) is 46.3 Å². The lowest BCUT2D eigenvalue weighted by Crippen LogP contribution is -2.32. The zero-order valence-electron chi connectivity index (χ0n) is 10.5. The highest BCUT2D eigenvalue weighted by Gasteiger charge is 2.15. The molecule has 0 saturated heterocycles. The average molecular weight is 238 g/mol. The summed E-state index contributed by atoms with van der Waals surface area (Å²) in [6, 6.07) is 15.0. The molecule has 1 aromatic carbocycles. The van der Waals surface area contributed by atoms with E-state index < -0.39 is 0 Å². The molecule has 2 nitrogen and oxygen atoms in total. The highest BCUT2D eigenvalue weighted by molar-refractivity contribution is 5.22. The van der Waals surface area contributed by atoms with Crippen molar-refractivity contribution >= 4 is 0 Å². The summed E-state index contributed by atoms with van der Waals surface area (Å²) >= 11 is 0. The first-order valence-electron chi connectivity index (χ1n) is 6.61. The highest BCUT2D eigenvalue weighted by Crippen LogP contribution is 2.16. The van der Waals surface area contributed by atoms with Crippen LogP contribution in [0.1, 0.15) is 16.8 Å². The minimum absolute atomic E-state index is 1.05. The third-order valence-electron chi connectivity index (χ3n) is 3.60. The van der Waals surface area contributed by atoms with Crippen LogP contribution >= 0.6 is 0 Å². The number of hydrogen-bond donors (Lipinski definition) is 0. The minimum Gasteiger partial charge on any atom is -0.298 e. The maximum Gasteiger partial charge on any atom is 0.0461 e. The number of pyridine rings is 1. The van der Waals surface area contributed by atoms with Crippen molar-refractivity contribution in [2.45, 2.75) is 19.4 Å². The molecule has 2 heterocycles. The van der Waals surface area contributed by atoms with E-state index in [0.29, 0.717) is 0 Å². The van der Waals surface area contributed by atoms with Crippen molar-refractivity contribution in [1.29, 1.82) is 0 Å². The zero-order chi connectivity index (χ0) is 12.2. The number of nitrogens with zero attached hydrogens (tertiary/aromatic N) is 2. The summed E-state index contributed by atoms with van der Waals surface area (Å²) < 4.78 is 0. The number of benzene rings is 1. The van der Waals surface area contributed by atoms with Crippen LogP contribution in [-0.2, 0) is 19.4 Å². The van der Waals surface area contributed by atoms with Gasteiger partial charge in [0.25, 0.3) is 0 Å². The Bertz CT molecular complexity index is 508. The van der Waals surface area contributed by atoms with Gasteiger partial charge in [-0.25, -0.2) is 0 Å². The lowest BCUT2D eigenvalue weighted by Gasteiger charge is -2.27. The Kier molecular flexibility index (Phi) is 3.37. The fourth-order valence-electron chi connectivity index (χ4n) is 2.55. The van der Waals surface area contributed by atoms with Crippen molar-refractivity contribution < 1.29 is 0 Å².